The van der Waals surface area contributed by atoms with Crippen LogP contribution in [0.3, 0.4) is 0 Å². The number of hydrogen-bond acceptors (Lipinski definition) is 4. The second-order valence-corrected chi connectivity index (χ2v) is 7.56. The van der Waals surface area contributed by atoms with E-state index in [1.807, 2.05) is 0 Å². The van der Waals surface area contributed by atoms with Gasteiger partial charge in [-0.2, -0.15) is 0 Å². The topological polar surface area (TPSA) is 56.8 Å². The third-order valence-electron chi connectivity index (χ3n) is 4.88. The first-order chi connectivity index (χ1) is 16.7. The lowest BCUT2D eigenvalue weighted by Crippen LogP contribution is -2.11. The Labute approximate surface area is 205 Å². The minimum absolute atomic E-state index is 0.0402. The summed E-state index contributed by atoms with van der Waals surface area (Å²) in [5, 5.41) is 2.89. The maximum atomic E-state index is 12.3. The average Bonchev–Trinajstić information content (AvgIpc) is 2.85. The number of hydrogen-bond donors (Lipinski definition) is 1. The maximum absolute atomic E-state index is 12.3. The summed E-state index contributed by atoms with van der Waals surface area (Å²) in [6.07, 6.45) is 28.9. The van der Waals surface area contributed by atoms with E-state index in [0.717, 1.165) is 44.9 Å². The number of benzene rings is 1. The van der Waals surface area contributed by atoms with E-state index >= 15 is 0 Å². The molecule has 0 aromatic heterocycles. The van der Waals surface area contributed by atoms with Crippen LogP contribution >= 0.6 is 0 Å². The van der Waals surface area contributed by atoms with E-state index in [4.69, 9.17) is 14.2 Å². The number of unbranched alkanes of at least 4 members (excludes halogenated alkanes) is 1. The van der Waals surface area contributed by atoms with Gasteiger partial charge in [0.25, 0.3) is 0 Å². The van der Waals surface area contributed by atoms with Crippen LogP contribution in [-0.2, 0) is 4.79 Å². The van der Waals surface area contributed by atoms with Crippen LogP contribution < -0.4 is 19.5 Å². The molecule has 1 rings (SSSR count). The normalized spacial score (nSPS) is 12.0. The molecule has 5 nitrogen and oxygen atoms in total. The van der Waals surface area contributed by atoms with Crippen LogP contribution in [0.4, 0.5) is 5.69 Å². The van der Waals surface area contributed by atoms with E-state index < -0.39 is 0 Å². The lowest BCUT2D eigenvalue weighted by atomic mass is 10.2. The fourth-order valence-corrected chi connectivity index (χ4v) is 3.13. The molecule has 0 atom stereocenters. The van der Waals surface area contributed by atoms with Gasteiger partial charge in [0.1, 0.15) is 0 Å². The lowest BCUT2D eigenvalue weighted by Gasteiger charge is -2.14. The lowest BCUT2D eigenvalue weighted by molar-refractivity contribution is -0.116. The SMILES string of the molecule is CC/C=C/C/C=C/C/C=C/C/C=C/C/C=C/CCCC(=O)Nc1cc(OC)c(OC)c(OC)c1. The Morgan fingerprint density at radius 1 is 0.735 bits per heavy atom. The number of carbonyl (C=O) groups is 1. The summed E-state index contributed by atoms with van der Waals surface area (Å²) in [6, 6.07) is 3.45. The quantitative estimate of drug-likeness (QED) is 0.190. The Hall–Kier alpha value is -3.21. The number of carbonyl (C=O) groups excluding carboxylic acids is 1. The van der Waals surface area contributed by atoms with Gasteiger partial charge in [-0.3, -0.25) is 4.79 Å². The molecule has 0 aliphatic heterocycles. The van der Waals surface area contributed by atoms with Gasteiger partial charge in [0.05, 0.1) is 21.3 Å². The first-order valence-electron chi connectivity index (χ1n) is 12.0. The van der Waals surface area contributed by atoms with Crippen molar-refractivity contribution in [1.82, 2.24) is 0 Å². The zero-order valence-corrected chi connectivity index (χ0v) is 21.2. The molecule has 0 saturated carbocycles. The Kier molecular flexibility index (Phi) is 16.3. The van der Waals surface area contributed by atoms with Gasteiger partial charge in [-0.25, -0.2) is 0 Å². The van der Waals surface area contributed by atoms with Crippen molar-refractivity contribution in [2.75, 3.05) is 26.6 Å². The molecule has 0 fully saturated rings. The summed E-state index contributed by atoms with van der Waals surface area (Å²) in [5.74, 6) is 1.48. The highest BCUT2D eigenvalue weighted by Gasteiger charge is 2.14. The summed E-state index contributed by atoms with van der Waals surface area (Å²) < 4.78 is 15.9. The molecule has 0 aliphatic rings. The zero-order valence-electron chi connectivity index (χ0n) is 21.2. The van der Waals surface area contributed by atoms with Gasteiger partial charge in [-0.1, -0.05) is 67.7 Å². The Morgan fingerprint density at radius 3 is 1.65 bits per heavy atom. The van der Waals surface area contributed by atoms with Crippen LogP contribution in [0.15, 0.2) is 72.9 Å². The molecule has 0 unspecified atom stereocenters. The molecule has 0 heterocycles. The first kappa shape index (κ1) is 28.8. The van der Waals surface area contributed by atoms with Crippen molar-refractivity contribution in [2.45, 2.75) is 58.3 Å². The number of rotatable bonds is 17. The number of methoxy groups -OCH3 is 3. The van der Waals surface area contributed by atoms with Gasteiger partial charge in [0, 0.05) is 24.2 Å². The van der Waals surface area contributed by atoms with Crippen LogP contribution in [0.2, 0.25) is 0 Å². The molecule has 5 heteroatoms. The van der Waals surface area contributed by atoms with Gasteiger partial charge in [0.15, 0.2) is 11.5 Å². The fourth-order valence-electron chi connectivity index (χ4n) is 3.13. The van der Waals surface area contributed by atoms with E-state index in [-0.39, 0.29) is 5.91 Å². The molecule has 0 saturated heterocycles. The first-order valence-corrected chi connectivity index (χ1v) is 12.0. The van der Waals surface area contributed by atoms with E-state index in [0.29, 0.717) is 29.4 Å². The maximum Gasteiger partial charge on any atom is 0.224 e. The van der Waals surface area contributed by atoms with E-state index in [9.17, 15) is 4.79 Å². The van der Waals surface area contributed by atoms with Gasteiger partial charge >= 0.3 is 0 Å². The summed E-state index contributed by atoms with van der Waals surface area (Å²) >= 11 is 0. The molecular weight excluding hydrogens is 426 g/mol. The highest BCUT2D eigenvalue weighted by atomic mass is 16.5. The molecule has 1 N–H and O–H groups in total. The monoisotopic (exact) mass is 467 g/mol. The minimum atomic E-state index is -0.0402. The molecule has 0 bridgehead atoms. The predicted molar refractivity (Wildman–Crippen MR) is 143 cm³/mol. The van der Waals surface area contributed by atoms with Crippen molar-refractivity contribution in [1.29, 1.82) is 0 Å². The van der Waals surface area contributed by atoms with Gasteiger partial charge in [-0.15, -0.1) is 0 Å². The summed E-state index contributed by atoms with van der Waals surface area (Å²) in [7, 11) is 4.65. The molecule has 0 spiro atoms. The van der Waals surface area contributed by atoms with E-state index in [1.54, 1.807) is 33.5 Å². The smallest absolute Gasteiger partial charge is 0.224 e. The highest BCUT2D eigenvalue weighted by molar-refractivity contribution is 5.91. The zero-order chi connectivity index (χ0) is 24.9. The second-order valence-electron chi connectivity index (χ2n) is 7.56. The van der Waals surface area contributed by atoms with Crippen molar-refractivity contribution < 1.29 is 19.0 Å². The minimum Gasteiger partial charge on any atom is -0.493 e. The van der Waals surface area contributed by atoms with Gasteiger partial charge in [-0.05, 0) is 44.9 Å². The number of ether oxygens (including phenoxy) is 3. The number of allylic oxidation sites excluding steroid dienone is 10. The Morgan fingerprint density at radius 2 is 1.21 bits per heavy atom. The Balaban J connectivity index is 2.21. The van der Waals surface area contributed by atoms with Crippen LogP contribution in [0, 0.1) is 0 Å². The van der Waals surface area contributed by atoms with Crippen LogP contribution in [0.25, 0.3) is 0 Å². The van der Waals surface area contributed by atoms with Crippen LogP contribution in [0.1, 0.15) is 58.3 Å². The molecule has 186 valence electrons. The molecule has 0 aliphatic carbocycles. The molecule has 1 aromatic rings. The van der Waals surface area contributed by atoms with Gasteiger partial charge in [0.2, 0.25) is 11.7 Å². The number of nitrogens with one attached hydrogen (secondary N) is 1. The number of amides is 1. The molecule has 34 heavy (non-hydrogen) atoms. The Bertz CT molecular complexity index is 825. The second kappa shape index (κ2) is 19.3. The summed E-state index contributed by atoms with van der Waals surface area (Å²) in [4.78, 5) is 12.3. The average molecular weight is 468 g/mol. The van der Waals surface area contributed by atoms with Crippen molar-refractivity contribution in [3.05, 3.63) is 72.9 Å². The van der Waals surface area contributed by atoms with Gasteiger partial charge < -0.3 is 19.5 Å². The number of anilines is 1. The summed E-state index contributed by atoms with van der Waals surface area (Å²) in [6.45, 7) is 2.15. The third kappa shape index (κ3) is 12.7. The van der Waals surface area contributed by atoms with Crippen LogP contribution in [0.5, 0.6) is 17.2 Å². The van der Waals surface area contributed by atoms with Crippen molar-refractivity contribution in [3.63, 3.8) is 0 Å². The largest absolute Gasteiger partial charge is 0.493 e. The standard InChI is InChI=1S/C29H41NO4/c1-5-6-7-8-9-10-11-12-13-14-15-16-17-18-19-20-21-22-28(31)30-25-23-26(32-2)29(34-4)27(24-25)33-3/h6-7,9-10,12-13,15-16,18-19,23-24H,5,8,11,14,17,20-22H2,1-4H3,(H,30,31)/b7-6+,10-9+,13-12+,16-15+,19-18+. The van der Waals surface area contributed by atoms with Crippen molar-refractivity contribution in [3.8, 4) is 17.2 Å². The molecule has 1 aromatic carbocycles. The third-order valence-corrected chi connectivity index (χ3v) is 4.88. The predicted octanol–water partition coefficient (Wildman–Crippen LogP) is 7.57. The van der Waals surface area contributed by atoms with Crippen molar-refractivity contribution in [2.24, 2.45) is 0 Å². The van der Waals surface area contributed by atoms with E-state index in [1.165, 1.54) is 0 Å². The molecule has 1 amide bonds. The fraction of sp³-hybridized carbons (Fsp3) is 0.414. The molecule has 0 radical (unpaired) electrons. The van der Waals surface area contributed by atoms with E-state index in [2.05, 4.69) is 73.0 Å². The summed E-state index contributed by atoms with van der Waals surface area (Å²) in [5.41, 5.74) is 0.620. The molecular formula is C29H41NO4. The van der Waals surface area contributed by atoms with Crippen molar-refractivity contribution >= 4 is 11.6 Å². The van der Waals surface area contributed by atoms with Crippen LogP contribution in [-0.4, -0.2) is 27.2 Å². The highest BCUT2D eigenvalue weighted by Crippen LogP contribution is 2.39.